The highest BCUT2D eigenvalue weighted by molar-refractivity contribution is 7.90. The van der Waals surface area contributed by atoms with Gasteiger partial charge in [0.1, 0.15) is 10.7 Å². The standard InChI is InChI=1S/C15H20FN3O2S/c1-12(18-6-3-8-19-9-7-17-11-19)13-4-5-15(14(16)10-13)22(2,20)21/h4-5,7,9-12,18H,3,6,8H2,1-2H3/t12-/m1/s1. The number of halogens is 1. The van der Waals surface area contributed by atoms with Crippen LogP contribution in [-0.2, 0) is 16.4 Å². The Morgan fingerprint density at radius 1 is 1.41 bits per heavy atom. The summed E-state index contributed by atoms with van der Waals surface area (Å²) < 4.78 is 38.6. The van der Waals surface area contributed by atoms with Gasteiger partial charge in [-0.2, -0.15) is 0 Å². The maximum Gasteiger partial charge on any atom is 0.178 e. The zero-order chi connectivity index (χ0) is 16.2. The second kappa shape index (κ2) is 7.02. The SMILES string of the molecule is C[C@@H](NCCCn1ccnc1)c1ccc(S(C)(=O)=O)c(F)c1. The molecule has 22 heavy (non-hydrogen) atoms. The van der Waals surface area contributed by atoms with E-state index in [9.17, 15) is 12.8 Å². The lowest BCUT2D eigenvalue weighted by Crippen LogP contribution is -2.21. The van der Waals surface area contributed by atoms with Crippen molar-refractivity contribution >= 4 is 9.84 Å². The van der Waals surface area contributed by atoms with Crippen LogP contribution in [0.25, 0.3) is 0 Å². The van der Waals surface area contributed by atoms with Gasteiger partial charge in [-0.25, -0.2) is 17.8 Å². The first-order valence-electron chi connectivity index (χ1n) is 7.06. The van der Waals surface area contributed by atoms with Crippen molar-refractivity contribution in [2.45, 2.75) is 30.8 Å². The Hall–Kier alpha value is -1.73. The van der Waals surface area contributed by atoms with Crippen molar-refractivity contribution in [3.05, 3.63) is 48.3 Å². The molecule has 1 aromatic carbocycles. The summed E-state index contributed by atoms with van der Waals surface area (Å²) in [4.78, 5) is 3.71. The fraction of sp³-hybridized carbons (Fsp3) is 0.400. The number of aromatic nitrogens is 2. The summed E-state index contributed by atoms with van der Waals surface area (Å²) in [5.41, 5.74) is 0.729. The van der Waals surface area contributed by atoms with Crippen LogP contribution < -0.4 is 5.32 Å². The Labute approximate surface area is 130 Å². The number of nitrogens with zero attached hydrogens (tertiary/aromatic N) is 2. The minimum Gasteiger partial charge on any atom is -0.337 e. The molecule has 0 aliphatic heterocycles. The van der Waals surface area contributed by atoms with Crippen molar-refractivity contribution in [1.29, 1.82) is 0 Å². The molecule has 1 heterocycles. The molecular weight excluding hydrogens is 305 g/mol. The molecule has 0 spiro atoms. The fourth-order valence-electron chi connectivity index (χ4n) is 2.20. The molecule has 0 radical (unpaired) electrons. The van der Waals surface area contributed by atoms with Crippen LogP contribution in [0.2, 0.25) is 0 Å². The van der Waals surface area contributed by atoms with Gasteiger partial charge in [-0.3, -0.25) is 0 Å². The predicted octanol–water partition coefficient (Wildman–Crippen LogP) is 2.17. The van der Waals surface area contributed by atoms with Gasteiger partial charge in [0.15, 0.2) is 9.84 Å². The van der Waals surface area contributed by atoms with E-state index in [1.807, 2.05) is 17.7 Å². The van der Waals surface area contributed by atoms with Crippen LogP contribution in [0, 0.1) is 5.82 Å². The monoisotopic (exact) mass is 325 g/mol. The fourth-order valence-corrected chi connectivity index (χ4v) is 2.93. The number of sulfone groups is 1. The smallest absolute Gasteiger partial charge is 0.178 e. The Morgan fingerprint density at radius 2 is 2.18 bits per heavy atom. The molecule has 5 nitrogen and oxygen atoms in total. The highest BCUT2D eigenvalue weighted by Gasteiger charge is 2.15. The van der Waals surface area contributed by atoms with Gasteiger partial charge in [-0.15, -0.1) is 0 Å². The van der Waals surface area contributed by atoms with Gasteiger partial charge in [0.25, 0.3) is 0 Å². The predicted molar refractivity (Wildman–Crippen MR) is 82.8 cm³/mol. The van der Waals surface area contributed by atoms with Crippen molar-refractivity contribution in [3.8, 4) is 0 Å². The number of aryl methyl sites for hydroxylation is 1. The Balaban J connectivity index is 1.89. The Kier molecular flexibility index (Phi) is 5.31. The molecule has 0 unspecified atom stereocenters. The molecule has 0 saturated heterocycles. The average molecular weight is 325 g/mol. The highest BCUT2D eigenvalue weighted by Crippen LogP contribution is 2.20. The third-order valence-corrected chi connectivity index (χ3v) is 4.59. The first-order chi connectivity index (χ1) is 10.4. The minimum atomic E-state index is -3.53. The molecule has 7 heteroatoms. The summed E-state index contributed by atoms with van der Waals surface area (Å²) in [5, 5.41) is 3.30. The maximum absolute atomic E-state index is 13.9. The van der Waals surface area contributed by atoms with Crippen LogP contribution in [0.15, 0.2) is 41.8 Å². The van der Waals surface area contributed by atoms with E-state index in [-0.39, 0.29) is 10.9 Å². The number of nitrogens with one attached hydrogen (secondary N) is 1. The lowest BCUT2D eigenvalue weighted by atomic mass is 10.1. The summed E-state index contributed by atoms with van der Waals surface area (Å²) in [6.45, 7) is 3.56. The average Bonchev–Trinajstić information content (AvgIpc) is 2.95. The third-order valence-electron chi connectivity index (χ3n) is 3.46. The number of rotatable bonds is 7. The lowest BCUT2D eigenvalue weighted by Gasteiger charge is -2.15. The van der Waals surface area contributed by atoms with Gasteiger partial charge in [0.2, 0.25) is 0 Å². The van der Waals surface area contributed by atoms with E-state index < -0.39 is 15.7 Å². The van der Waals surface area contributed by atoms with Crippen molar-refractivity contribution in [1.82, 2.24) is 14.9 Å². The largest absolute Gasteiger partial charge is 0.337 e. The quantitative estimate of drug-likeness (QED) is 0.793. The van der Waals surface area contributed by atoms with Gasteiger partial charge in [0, 0.05) is 31.2 Å². The second-order valence-corrected chi connectivity index (χ2v) is 7.28. The Morgan fingerprint density at radius 3 is 2.77 bits per heavy atom. The van der Waals surface area contributed by atoms with Crippen LogP contribution in [-0.4, -0.2) is 30.8 Å². The van der Waals surface area contributed by atoms with Gasteiger partial charge < -0.3 is 9.88 Å². The Bertz CT molecular complexity index is 714. The van der Waals surface area contributed by atoms with E-state index in [0.717, 1.165) is 31.3 Å². The number of imidazole rings is 1. The van der Waals surface area contributed by atoms with Crippen molar-refractivity contribution < 1.29 is 12.8 Å². The third kappa shape index (κ3) is 4.38. The summed E-state index contributed by atoms with van der Waals surface area (Å²) in [5.74, 6) is -0.702. The molecule has 0 aliphatic carbocycles. The van der Waals surface area contributed by atoms with Crippen LogP contribution in [0.3, 0.4) is 0 Å². The van der Waals surface area contributed by atoms with E-state index in [0.29, 0.717) is 0 Å². The zero-order valence-electron chi connectivity index (χ0n) is 12.7. The summed E-state index contributed by atoms with van der Waals surface area (Å²) in [6.07, 6.45) is 7.33. The minimum absolute atomic E-state index is 0.0501. The van der Waals surface area contributed by atoms with E-state index >= 15 is 0 Å². The van der Waals surface area contributed by atoms with Crippen LogP contribution in [0.5, 0.6) is 0 Å². The number of benzene rings is 1. The molecule has 120 valence electrons. The van der Waals surface area contributed by atoms with Crippen LogP contribution in [0.1, 0.15) is 24.9 Å². The molecular formula is C15H20FN3O2S. The molecule has 1 aromatic heterocycles. The molecule has 2 aromatic rings. The highest BCUT2D eigenvalue weighted by atomic mass is 32.2. The van der Waals surface area contributed by atoms with E-state index in [4.69, 9.17) is 0 Å². The molecule has 1 atom stereocenters. The molecule has 0 fully saturated rings. The van der Waals surface area contributed by atoms with Gasteiger partial charge in [-0.1, -0.05) is 6.07 Å². The molecule has 2 rings (SSSR count). The first-order valence-corrected chi connectivity index (χ1v) is 8.95. The van der Waals surface area contributed by atoms with E-state index in [2.05, 4.69) is 10.3 Å². The van der Waals surface area contributed by atoms with Crippen LogP contribution >= 0.6 is 0 Å². The van der Waals surface area contributed by atoms with Gasteiger partial charge in [0.05, 0.1) is 6.33 Å². The van der Waals surface area contributed by atoms with Crippen molar-refractivity contribution in [2.24, 2.45) is 0 Å². The molecule has 0 amide bonds. The van der Waals surface area contributed by atoms with Gasteiger partial charge in [-0.05, 0) is 37.6 Å². The summed E-state index contributed by atoms with van der Waals surface area (Å²) in [7, 11) is -3.53. The number of hydrogen-bond donors (Lipinski definition) is 1. The van der Waals surface area contributed by atoms with Gasteiger partial charge >= 0.3 is 0 Å². The van der Waals surface area contributed by atoms with Crippen LogP contribution in [0.4, 0.5) is 4.39 Å². The lowest BCUT2D eigenvalue weighted by molar-refractivity contribution is 0.520. The topological polar surface area (TPSA) is 64.0 Å². The summed E-state index contributed by atoms with van der Waals surface area (Å²) in [6, 6.07) is 4.20. The first kappa shape index (κ1) is 16.6. The van der Waals surface area contributed by atoms with E-state index in [1.54, 1.807) is 18.6 Å². The molecule has 0 bridgehead atoms. The van der Waals surface area contributed by atoms with E-state index in [1.165, 1.54) is 12.1 Å². The molecule has 0 aliphatic rings. The van der Waals surface area contributed by atoms with Crippen molar-refractivity contribution in [3.63, 3.8) is 0 Å². The maximum atomic E-state index is 13.9. The van der Waals surface area contributed by atoms with Crippen molar-refractivity contribution in [2.75, 3.05) is 12.8 Å². The summed E-state index contributed by atoms with van der Waals surface area (Å²) >= 11 is 0. The number of hydrogen-bond acceptors (Lipinski definition) is 4. The zero-order valence-corrected chi connectivity index (χ0v) is 13.5. The second-order valence-electron chi connectivity index (χ2n) is 5.29. The molecule has 1 N–H and O–H groups in total. The normalized spacial score (nSPS) is 13.2. The molecule has 0 saturated carbocycles.